The van der Waals surface area contributed by atoms with E-state index in [2.05, 4.69) is 11.4 Å². The highest BCUT2D eigenvalue weighted by atomic mass is 16.5. The second-order valence-electron chi connectivity index (χ2n) is 5.40. The van der Waals surface area contributed by atoms with Crippen molar-refractivity contribution in [1.29, 1.82) is 0 Å². The summed E-state index contributed by atoms with van der Waals surface area (Å²) in [5.41, 5.74) is 2.22. The van der Waals surface area contributed by atoms with Gasteiger partial charge in [0.1, 0.15) is 12.3 Å². The van der Waals surface area contributed by atoms with E-state index in [9.17, 15) is 9.59 Å². The fourth-order valence-electron chi connectivity index (χ4n) is 2.50. The van der Waals surface area contributed by atoms with Gasteiger partial charge in [-0.15, -0.1) is 0 Å². The predicted molar refractivity (Wildman–Crippen MR) is 78.3 cm³/mol. The van der Waals surface area contributed by atoms with Gasteiger partial charge in [0.15, 0.2) is 6.54 Å². The van der Waals surface area contributed by atoms with Gasteiger partial charge in [-0.25, -0.2) is 4.79 Å². The molecule has 0 spiro atoms. The van der Waals surface area contributed by atoms with Crippen LogP contribution in [0.5, 0.6) is 5.75 Å². The number of imide groups is 1. The van der Waals surface area contributed by atoms with Crippen LogP contribution in [0.2, 0.25) is 0 Å². The van der Waals surface area contributed by atoms with Crippen molar-refractivity contribution in [3.8, 4) is 5.75 Å². The van der Waals surface area contributed by atoms with Crippen LogP contribution in [0.1, 0.15) is 11.1 Å². The summed E-state index contributed by atoms with van der Waals surface area (Å²) in [6.45, 7) is 3.97. The highest BCUT2D eigenvalue weighted by Gasteiger charge is 2.28. The highest BCUT2D eigenvalue weighted by Crippen LogP contribution is 2.18. The van der Waals surface area contributed by atoms with Crippen LogP contribution in [0.25, 0.3) is 0 Å². The molecule has 1 aromatic carbocycles. The van der Waals surface area contributed by atoms with Crippen molar-refractivity contribution in [2.24, 2.45) is 0 Å². The predicted octanol–water partition coefficient (Wildman–Crippen LogP) is -0.430. The molecule has 1 saturated heterocycles. The minimum Gasteiger partial charge on any atom is -0.496 e. The van der Waals surface area contributed by atoms with E-state index in [1.165, 1.54) is 4.90 Å². The molecule has 6 nitrogen and oxygen atoms in total. The average Bonchev–Trinajstić information content (AvgIpc) is 2.85. The quantitative estimate of drug-likeness (QED) is 0.774. The lowest BCUT2D eigenvalue weighted by Crippen LogP contribution is -3.08. The van der Waals surface area contributed by atoms with Gasteiger partial charge in [0.25, 0.3) is 5.91 Å². The number of quaternary nitrogens is 1. The highest BCUT2D eigenvalue weighted by molar-refractivity contribution is 5.96. The number of urea groups is 1. The number of hydrogen-bond acceptors (Lipinski definition) is 3. The number of methoxy groups -OCH3 is 1. The Bertz CT molecular complexity index is 545. The number of hydrogen-bond donors (Lipinski definition) is 2. The molecule has 1 aromatic rings. The Morgan fingerprint density at radius 3 is 2.86 bits per heavy atom. The normalized spacial score (nSPS) is 15.8. The molecule has 1 aliphatic rings. The van der Waals surface area contributed by atoms with Crippen molar-refractivity contribution >= 4 is 11.9 Å². The Morgan fingerprint density at radius 1 is 1.48 bits per heavy atom. The zero-order valence-corrected chi connectivity index (χ0v) is 12.7. The van der Waals surface area contributed by atoms with E-state index in [-0.39, 0.29) is 18.5 Å². The van der Waals surface area contributed by atoms with Crippen LogP contribution in [0.15, 0.2) is 18.2 Å². The second kappa shape index (κ2) is 6.58. The molecule has 0 aliphatic carbocycles. The molecule has 3 amide bonds. The number of benzene rings is 1. The van der Waals surface area contributed by atoms with Crippen LogP contribution in [0, 0.1) is 6.92 Å². The average molecular weight is 292 g/mol. The van der Waals surface area contributed by atoms with Gasteiger partial charge in [-0.05, 0) is 19.1 Å². The van der Waals surface area contributed by atoms with Crippen LogP contribution in [-0.2, 0) is 11.3 Å². The van der Waals surface area contributed by atoms with E-state index in [0.29, 0.717) is 19.6 Å². The molecule has 1 aliphatic heterocycles. The molecule has 0 bridgehead atoms. The first-order chi connectivity index (χ1) is 10.0. The molecular weight excluding hydrogens is 270 g/mol. The first-order valence-corrected chi connectivity index (χ1v) is 7.04. The van der Waals surface area contributed by atoms with Gasteiger partial charge < -0.3 is 15.0 Å². The molecule has 6 heteroatoms. The van der Waals surface area contributed by atoms with E-state index in [4.69, 9.17) is 4.74 Å². The number of carbonyl (C=O) groups excluding carboxylic acids is 2. The van der Waals surface area contributed by atoms with Crippen molar-refractivity contribution in [2.45, 2.75) is 13.5 Å². The number of nitrogens with one attached hydrogen (secondary N) is 2. The van der Waals surface area contributed by atoms with Crippen molar-refractivity contribution in [3.63, 3.8) is 0 Å². The fourth-order valence-corrected chi connectivity index (χ4v) is 2.50. The third-order valence-electron chi connectivity index (χ3n) is 3.54. The monoisotopic (exact) mass is 292 g/mol. The Morgan fingerprint density at radius 2 is 2.24 bits per heavy atom. The van der Waals surface area contributed by atoms with Gasteiger partial charge in [0, 0.05) is 18.7 Å². The molecule has 2 rings (SSSR count). The van der Waals surface area contributed by atoms with Gasteiger partial charge in [-0.3, -0.25) is 9.69 Å². The van der Waals surface area contributed by atoms with Gasteiger partial charge in [-0.1, -0.05) is 11.6 Å². The largest absolute Gasteiger partial charge is 0.496 e. The number of aryl methyl sites for hydroxylation is 1. The summed E-state index contributed by atoms with van der Waals surface area (Å²) in [6.07, 6.45) is 0. The minimum atomic E-state index is -0.291. The number of likely N-dealkylation sites (N-methyl/N-ethyl adjacent to an activating group) is 1. The van der Waals surface area contributed by atoms with Gasteiger partial charge in [0.05, 0.1) is 14.2 Å². The van der Waals surface area contributed by atoms with E-state index >= 15 is 0 Å². The van der Waals surface area contributed by atoms with Crippen molar-refractivity contribution in [3.05, 3.63) is 29.3 Å². The molecule has 0 saturated carbocycles. The van der Waals surface area contributed by atoms with Crippen molar-refractivity contribution in [1.82, 2.24) is 10.2 Å². The number of ether oxygens (including phenoxy) is 1. The van der Waals surface area contributed by atoms with Crippen molar-refractivity contribution < 1.29 is 19.2 Å². The molecule has 1 unspecified atom stereocenters. The standard InChI is InChI=1S/C15H21N3O3/c1-11-4-5-13(21-3)12(8-11)9-17(2)10-14(19)18-7-6-16-15(18)20/h4-5,8H,6-7,9-10H2,1-3H3,(H,16,20)/p+1. The summed E-state index contributed by atoms with van der Waals surface area (Å²) in [4.78, 5) is 25.8. The topological polar surface area (TPSA) is 63.1 Å². The van der Waals surface area contributed by atoms with Crippen LogP contribution in [0.3, 0.4) is 0 Å². The summed E-state index contributed by atoms with van der Waals surface area (Å²) in [5.74, 6) is 0.681. The third kappa shape index (κ3) is 3.72. The summed E-state index contributed by atoms with van der Waals surface area (Å²) in [5, 5.41) is 2.64. The third-order valence-corrected chi connectivity index (χ3v) is 3.54. The molecule has 2 N–H and O–H groups in total. The van der Waals surface area contributed by atoms with Crippen molar-refractivity contribution in [2.75, 3.05) is 33.8 Å². The molecule has 21 heavy (non-hydrogen) atoms. The number of amides is 3. The fraction of sp³-hybridized carbons (Fsp3) is 0.467. The zero-order valence-electron chi connectivity index (χ0n) is 12.7. The first-order valence-electron chi connectivity index (χ1n) is 7.04. The second-order valence-corrected chi connectivity index (χ2v) is 5.40. The Kier molecular flexibility index (Phi) is 4.80. The van der Waals surface area contributed by atoms with E-state index in [1.807, 2.05) is 26.1 Å². The maximum atomic E-state index is 12.1. The zero-order chi connectivity index (χ0) is 15.4. The lowest BCUT2D eigenvalue weighted by molar-refractivity contribution is -0.885. The van der Waals surface area contributed by atoms with Gasteiger partial charge in [0.2, 0.25) is 0 Å². The maximum absolute atomic E-state index is 12.1. The lowest BCUT2D eigenvalue weighted by atomic mass is 10.1. The van der Waals surface area contributed by atoms with Crippen LogP contribution < -0.4 is 15.0 Å². The Labute approximate surface area is 124 Å². The van der Waals surface area contributed by atoms with Gasteiger partial charge in [-0.2, -0.15) is 0 Å². The van der Waals surface area contributed by atoms with Crippen LogP contribution in [-0.4, -0.2) is 50.6 Å². The summed E-state index contributed by atoms with van der Waals surface area (Å²) >= 11 is 0. The first kappa shape index (κ1) is 15.3. The number of rotatable bonds is 5. The number of nitrogens with zero attached hydrogens (tertiary/aromatic N) is 1. The van der Waals surface area contributed by atoms with Crippen LogP contribution in [0.4, 0.5) is 4.79 Å². The molecule has 1 atom stereocenters. The maximum Gasteiger partial charge on any atom is 0.324 e. The lowest BCUT2D eigenvalue weighted by Gasteiger charge is -2.18. The molecule has 1 heterocycles. The van der Waals surface area contributed by atoms with Gasteiger partial charge >= 0.3 is 6.03 Å². The molecule has 1 fully saturated rings. The Hall–Kier alpha value is -2.08. The molecule has 114 valence electrons. The summed E-state index contributed by atoms with van der Waals surface area (Å²) in [7, 11) is 3.58. The molecule has 0 aromatic heterocycles. The smallest absolute Gasteiger partial charge is 0.324 e. The molecular formula is C15H22N3O3+. The SMILES string of the molecule is COc1ccc(C)cc1C[NH+](C)CC(=O)N1CCNC1=O. The van der Waals surface area contributed by atoms with Crippen LogP contribution >= 0.6 is 0 Å². The van der Waals surface area contributed by atoms with E-state index < -0.39 is 0 Å². The molecule has 0 radical (unpaired) electrons. The Balaban J connectivity index is 1.98. The summed E-state index contributed by atoms with van der Waals surface area (Å²) in [6, 6.07) is 5.71. The minimum absolute atomic E-state index is 0.144. The van der Waals surface area contributed by atoms with E-state index in [0.717, 1.165) is 21.8 Å². The van der Waals surface area contributed by atoms with E-state index in [1.54, 1.807) is 7.11 Å². The number of carbonyl (C=O) groups is 2. The summed E-state index contributed by atoms with van der Waals surface area (Å²) < 4.78 is 5.35.